The van der Waals surface area contributed by atoms with Crippen LogP contribution < -0.4 is 5.32 Å². The quantitative estimate of drug-likeness (QED) is 0.0968. The molecule has 3 aliphatic heterocycles. The van der Waals surface area contributed by atoms with Crippen molar-refractivity contribution in [3.63, 3.8) is 0 Å². The van der Waals surface area contributed by atoms with Gasteiger partial charge in [-0.1, -0.05) is 72.1 Å². The Bertz CT molecular complexity index is 2630. The van der Waals surface area contributed by atoms with Crippen LogP contribution in [0, 0.1) is 44.8 Å². The molecule has 0 spiro atoms. The standard InChI is InChI=1S/C61H87N3O8/c1-55(2)54(72-55)45(67)31-56(3)18-14-37-33-63-50-42(41(17-25-65)39-28-38(36-12-10-9-11-13-36)29-40(30-39)61(70)22-26-71-27-23-61)34-64(51(37)50)35-43-48-49(56)44(66)32-60(48,7)59(6)20-15-46-57(4,21-24-62-8)47(68)16-19-58(46,5)53(59)52(43)69/h28-30,33-34,36,41,43,45-46,52-54,62-63,65,67,69-70H,9-27,31-32,35H2,1-8H3/t41-,43-,45-,46+,52-,53-,54-,56+,57+,58-,59+,60+/m1/s1. The third kappa shape index (κ3) is 7.71. The van der Waals surface area contributed by atoms with Gasteiger partial charge in [-0.2, -0.15) is 0 Å². The normalized spacial score (nSPS) is 38.3. The van der Waals surface area contributed by atoms with Crippen LogP contribution in [0.3, 0.4) is 0 Å². The van der Waals surface area contributed by atoms with Gasteiger partial charge in [0.25, 0.3) is 0 Å². The molecule has 8 aliphatic rings. The Labute approximate surface area is 428 Å². The van der Waals surface area contributed by atoms with E-state index in [1.165, 1.54) is 24.8 Å². The van der Waals surface area contributed by atoms with Crippen molar-refractivity contribution < 1.29 is 39.5 Å². The Morgan fingerprint density at radius 3 is 2.36 bits per heavy atom. The number of aryl methyl sites for hydroxylation is 1. The Hall–Kier alpha value is -3.16. The number of benzene rings is 1. The highest BCUT2D eigenvalue weighted by atomic mass is 16.6. The molecule has 11 rings (SSSR count). The first kappa shape index (κ1) is 51.0. The maximum Gasteiger partial charge on any atom is 0.160 e. The summed E-state index contributed by atoms with van der Waals surface area (Å²) in [6.07, 6.45) is 15.8. The van der Waals surface area contributed by atoms with E-state index in [0.717, 1.165) is 89.5 Å². The summed E-state index contributed by atoms with van der Waals surface area (Å²) in [7, 11) is 1.96. The van der Waals surface area contributed by atoms with Gasteiger partial charge < -0.3 is 44.8 Å². The lowest BCUT2D eigenvalue weighted by Crippen LogP contribution is -2.68. The number of carbonyl (C=O) groups excluding carboxylic acids is 2. The molecule has 3 aromatic rings. The lowest BCUT2D eigenvalue weighted by Gasteiger charge is -2.70. The second kappa shape index (κ2) is 18.0. The Kier molecular flexibility index (Phi) is 12.7. The number of ketones is 2. The number of rotatable bonds is 12. The number of epoxide rings is 1. The summed E-state index contributed by atoms with van der Waals surface area (Å²) >= 11 is 0. The van der Waals surface area contributed by atoms with Crippen LogP contribution >= 0.6 is 0 Å². The lowest BCUT2D eigenvalue weighted by atomic mass is 9.34. The molecule has 1 aromatic carbocycles. The molecule has 2 saturated heterocycles. The summed E-state index contributed by atoms with van der Waals surface area (Å²) < 4.78 is 14.3. The van der Waals surface area contributed by atoms with Crippen molar-refractivity contribution in [2.75, 3.05) is 33.4 Å². The van der Waals surface area contributed by atoms with Crippen molar-refractivity contribution >= 4 is 22.6 Å². The zero-order valence-electron chi connectivity index (χ0n) is 44.9. The maximum absolute atomic E-state index is 15.5. The summed E-state index contributed by atoms with van der Waals surface area (Å²) in [5.74, 6) is 0.219. The second-order valence-electron chi connectivity index (χ2n) is 26.7. The van der Waals surface area contributed by atoms with Gasteiger partial charge in [-0.3, -0.25) is 9.59 Å². The van der Waals surface area contributed by atoms with E-state index in [0.29, 0.717) is 82.8 Å². The third-order valence-corrected chi connectivity index (χ3v) is 22.3. The number of H-pyrrole nitrogens is 1. The number of Topliss-reactive ketones (excluding diaryl/α,β-unsaturated/α-hetero) is 2. The highest BCUT2D eigenvalue weighted by Crippen LogP contribution is 2.76. The first-order valence-electron chi connectivity index (χ1n) is 28.4. The number of nitrogens with zero attached hydrogens (tertiary/aromatic N) is 1. The molecule has 394 valence electrons. The first-order valence-corrected chi connectivity index (χ1v) is 28.4. The molecule has 0 unspecified atom stereocenters. The maximum atomic E-state index is 15.5. The van der Waals surface area contributed by atoms with Crippen molar-refractivity contribution in [2.24, 2.45) is 44.8 Å². The van der Waals surface area contributed by atoms with Crippen LogP contribution in [0.4, 0.5) is 0 Å². The fourth-order valence-electron chi connectivity index (χ4n) is 18.2. The number of hydrogen-bond donors (Lipinski definition) is 6. The minimum absolute atomic E-state index is 0.0119. The van der Waals surface area contributed by atoms with Crippen LogP contribution in [0.5, 0.6) is 0 Å². The van der Waals surface area contributed by atoms with Gasteiger partial charge in [-0.15, -0.1) is 0 Å². The smallest absolute Gasteiger partial charge is 0.160 e. The summed E-state index contributed by atoms with van der Waals surface area (Å²) in [6, 6.07) is 6.88. The van der Waals surface area contributed by atoms with Crippen molar-refractivity contribution in [3.05, 3.63) is 69.6 Å². The number of aliphatic hydroxyl groups is 4. The van der Waals surface area contributed by atoms with Gasteiger partial charge in [-0.05, 0) is 153 Å². The van der Waals surface area contributed by atoms with E-state index in [4.69, 9.17) is 9.47 Å². The average molecular weight is 990 g/mol. The Balaban J connectivity index is 1.09. The van der Waals surface area contributed by atoms with Crippen molar-refractivity contribution in [1.29, 1.82) is 0 Å². The van der Waals surface area contributed by atoms with Gasteiger partial charge in [0.2, 0.25) is 0 Å². The van der Waals surface area contributed by atoms with Crippen LogP contribution in [0.25, 0.3) is 11.0 Å². The first-order chi connectivity index (χ1) is 34.2. The SMILES string of the molecule is CNCC[C@]1(C)C(=O)CC[C@@]2(C)[C@H]3[C@H](O)[C@@H]4Cn5cc([C@H](CCO)c6cc(C7CCCCC7)cc(C7(O)CCOCC7)c6)c6[nH]cc(c65)CC[C@@](C)(C[C@@H](O)[C@H]5OC5(C)C)C5=C4[C@](C)(CC5=O)[C@@]3(C)CC[C@H]21. The van der Waals surface area contributed by atoms with E-state index < -0.39 is 51.0 Å². The molecule has 4 saturated carbocycles. The van der Waals surface area contributed by atoms with Gasteiger partial charge in [0.1, 0.15) is 11.9 Å². The van der Waals surface area contributed by atoms with Crippen LogP contribution in [-0.4, -0.2) is 98.9 Å². The minimum Gasteiger partial charge on any atom is -0.396 e. The molecule has 5 heterocycles. The summed E-state index contributed by atoms with van der Waals surface area (Å²) in [5, 5.41) is 52.7. The van der Waals surface area contributed by atoms with Crippen molar-refractivity contribution in [1.82, 2.24) is 14.9 Å². The number of fused-ring (bicyclic) bond motifs is 4. The number of aliphatic hydroxyl groups excluding tert-OH is 3. The molecule has 6 fully saturated rings. The van der Waals surface area contributed by atoms with Crippen LogP contribution in [-0.2, 0) is 37.6 Å². The summed E-state index contributed by atoms with van der Waals surface area (Å²) in [4.78, 5) is 33.5. The Morgan fingerprint density at radius 2 is 1.67 bits per heavy atom. The van der Waals surface area contributed by atoms with E-state index in [9.17, 15) is 25.2 Å². The van der Waals surface area contributed by atoms with Crippen LogP contribution in [0.15, 0.2) is 41.7 Å². The number of aromatic nitrogens is 2. The molecule has 0 radical (unpaired) electrons. The summed E-state index contributed by atoms with van der Waals surface area (Å²) in [5.41, 5.74) is 5.59. The molecule has 0 amide bonds. The third-order valence-electron chi connectivity index (χ3n) is 22.3. The second-order valence-corrected chi connectivity index (χ2v) is 26.7. The molecule has 5 aliphatic carbocycles. The molecule has 6 N–H and O–H groups in total. The predicted octanol–water partition coefficient (Wildman–Crippen LogP) is 9.69. The number of carbonyl (C=O) groups is 2. The highest BCUT2D eigenvalue weighted by molar-refractivity contribution is 6.02. The fourth-order valence-corrected chi connectivity index (χ4v) is 18.2. The molecule has 11 heteroatoms. The fraction of sp³-hybridized carbons (Fsp3) is 0.738. The monoisotopic (exact) mass is 990 g/mol. The van der Waals surface area contributed by atoms with Gasteiger partial charge in [0, 0.05) is 98.2 Å². The number of hydrogen-bond acceptors (Lipinski definition) is 9. The topological polar surface area (TPSA) is 170 Å². The summed E-state index contributed by atoms with van der Waals surface area (Å²) in [6.45, 7) is 17.8. The van der Waals surface area contributed by atoms with Crippen molar-refractivity contribution in [3.8, 4) is 0 Å². The Morgan fingerprint density at radius 1 is 0.931 bits per heavy atom. The molecule has 0 bridgehead atoms. The molecule has 72 heavy (non-hydrogen) atoms. The van der Waals surface area contributed by atoms with E-state index in [2.05, 4.69) is 80.1 Å². The van der Waals surface area contributed by atoms with Gasteiger partial charge in [-0.25, -0.2) is 0 Å². The van der Waals surface area contributed by atoms with E-state index in [-0.39, 0.29) is 41.7 Å². The molecular weight excluding hydrogens is 903 g/mol. The highest BCUT2D eigenvalue weighted by Gasteiger charge is 2.73. The lowest BCUT2D eigenvalue weighted by molar-refractivity contribution is -0.222. The van der Waals surface area contributed by atoms with Gasteiger partial charge in [0.15, 0.2) is 5.78 Å². The zero-order valence-corrected chi connectivity index (χ0v) is 44.9. The zero-order chi connectivity index (χ0) is 51.0. The number of aromatic amines is 1. The van der Waals surface area contributed by atoms with Crippen molar-refractivity contribution in [2.45, 2.75) is 206 Å². The van der Waals surface area contributed by atoms with Gasteiger partial charge >= 0.3 is 0 Å². The molecular formula is C61H87N3O8. The number of ether oxygens (including phenoxy) is 2. The minimum atomic E-state index is -0.994. The largest absolute Gasteiger partial charge is 0.396 e. The molecule has 12 atom stereocenters. The van der Waals surface area contributed by atoms with Gasteiger partial charge in [0.05, 0.1) is 34.4 Å². The van der Waals surface area contributed by atoms with Crippen LogP contribution in [0.2, 0.25) is 0 Å². The molecule has 11 nitrogen and oxygen atoms in total. The predicted molar refractivity (Wildman–Crippen MR) is 280 cm³/mol. The number of nitrogens with one attached hydrogen (secondary N) is 2. The van der Waals surface area contributed by atoms with E-state index >= 15 is 4.79 Å². The number of allylic oxidation sites excluding steroid dienone is 1. The van der Waals surface area contributed by atoms with E-state index in [1.807, 2.05) is 20.9 Å². The van der Waals surface area contributed by atoms with Crippen LogP contribution in [0.1, 0.15) is 191 Å². The molecule has 2 aromatic heterocycles. The van der Waals surface area contributed by atoms with E-state index in [1.54, 1.807) is 0 Å². The average Bonchev–Trinajstić information content (AvgIpc) is 3.59.